The van der Waals surface area contributed by atoms with Gasteiger partial charge in [0, 0.05) is 31.9 Å². The number of rotatable bonds is 5. The molecule has 0 radical (unpaired) electrons. The van der Waals surface area contributed by atoms with E-state index < -0.39 is 12.2 Å². The first kappa shape index (κ1) is 14.3. The van der Waals surface area contributed by atoms with Crippen molar-refractivity contribution in [1.29, 1.82) is 0 Å². The van der Waals surface area contributed by atoms with Crippen LogP contribution in [0.3, 0.4) is 0 Å². The second-order valence-corrected chi connectivity index (χ2v) is 4.92. The van der Waals surface area contributed by atoms with Gasteiger partial charge in [0.15, 0.2) is 0 Å². The fraction of sp³-hybridized carbons (Fsp3) is 0.571. The molecule has 19 heavy (non-hydrogen) atoms. The monoisotopic (exact) mass is 265 g/mol. The standard InChI is InChI=1S/C14H23N3O2/c15-5-4-13(18)14(19)11-2-1-3-12(10-11)17-8-6-16-7-9-17/h1-3,10,13-14,16,18-19H,4-9,15H2. The van der Waals surface area contributed by atoms with Gasteiger partial charge in [-0.1, -0.05) is 12.1 Å². The molecule has 1 heterocycles. The summed E-state index contributed by atoms with van der Waals surface area (Å²) in [6.45, 7) is 4.25. The number of piperazine rings is 1. The van der Waals surface area contributed by atoms with Crippen molar-refractivity contribution in [2.45, 2.75) is 18.6 Å². The molecule has 1 fully saturated rings. The van der Waals surface area contributed by atoms with Gasteiger partial charge in [-0.3, -0.25) is 0 Å². The van der Waals surface area contributed by atoms with E-state index >= 15 is 0 Å². The van der Waals surface area contributed by atoms with Crippen molar-refractivity contribution in [3.8, 4) is 0 Å². The highest BCUT2D eigenvalue weighted by atomic mass is 16.3. The molecular formula is C14H23N3O2. The molecule has 1 saturated heterocycles. The zero-order chi connectivity index (χ0) is 13.7. The van der Waals surface area contributed by atoms with Gasteiger partial charge in [-0.05, 0) is 30.7 Å². The van der Waals surface area contributed by atoms with Gasteiger partial charge in [-0.15, -0.1) is 0 Å². The van der Waals surface area contributed by atoms with E-state index in [9.17, 15) is 10.2 Å². The van der Waals surface area contributed by atoms with Crippen LogP contribution in [0, 0.1) is 0 Å². The predicted octanol–water partition coefficient (Wildman–Crippen LogP) is -0.161. The van der Waals surface area contributed by atoms with E-state index in [1.54, 1.807) is 0 Å². The number of nitrogens with one attached hydrogen (secondary N) is 1. The van der Waals surface area contributed by atoms with E-state index in [-0.39, 0.29) is 0 Å². The molecular weight excluding hydrogens is 242 g/mol. The summed E-state index contributed by atoms with van der Waals surface area (Å²) in [5.74, 6) is 0. The van der Waals surface area contributed by atoms with Crippen LogP contribution in [-0.4, -0.2) is 49.0 Å². The zero-order valence-electron chi connectivity index (χ0n) is 11.1. The molecule has 1 aromatic rings. The van der Waals surface area contributed by atoms with Crippen LogP contribution in [0.2, 0.25) is 0 Å². The third-order valence-electron chi connectivity index (χ3n) is 3.52. The molecule has 2 atom stereocenters. The lowest BCUT2D eigenvalue weighted by Gasteiger charge is -2.30. The summed E-state index contributed by atoms with van der Waals surface area (Å²) in [4.78, 5) is 2.28. The van der Waals surface area contributed by atoms with Crippen molar-refractivity contribution in [1.82, 2.24) is 5.32 Å². The van der Waals surface area contributed by atoms with Crippen molar-refractivity contribution in [3.05, 3.63) is 29.8 Å². The summed E-state index contributed by atoms with van der Waals surface area (Å²) >= 11 is 0. The molecule has 5 N–H and O–H groups in total. The van der Waals surface area contributed by atoms with Crippen LogP contribution in [0.1, 0.15) is 18.1 Å². The summed E-state index contributed by atoms with van der Waals surface area (Å²) < 4.78 is 0. The van der Waals surface area contributed by atoms with Gasteiger partial charge in [0.25, 0.3) is 0 Å². The Balaban J connectivity index is 2.09. The number of nitrogens with zero attached hydrogens (tertiary/aromatic N) is 1. The number of nitrogens with two attached hydrogens (primary N) is 1. The summed E-state index contributed by atoms with van der Waals surface area (Å²) in [5.41, 5.74) is 7.25. The van der Waals surface area contributed by atoms with E-state index in [0.717, 1.165) is 37.4 Å². The smallest absolute Gasteiger partial charge is 0.105 e. The Morgan fingerprint density at radius 2 is 2.00 bits per heavy atom. The van der Waals surface area contributed by atoms with Gasteiger partial charge in [0.05, 0.1) is 6.10 Å². The molecule has 2 unspecified atom stereocenters. The lowest BCUT2D eigenvalue weighted by atomic mass is 10.0. The van der Waals surface area contributed by atoms with Crippen molar-refractivity contribution in [2.75, 3.05) is 37.6 Å². The molecule has 5 heteroatoms. The van der Waals surface area contributed by atoms with Gasteiger partial charge in [0.1, 0.15) is 6.10 Å². The minimum atomic E-state index is -0.869. The molecule has 106 valence electrons. The first-order chi connectivity index (χ1) is 9.22. The minimum absolute atomic E-state index is 0.371. The van der Waals surface area contributed by atoms with Crippen molar-refractivity contribution in [3.63, 3.8) is 0 Å². The molecule has 0 saturated carbocycles. The van der Waals surface area contributed by atoms with E-state index in [0.29, 0.717) is 13.0 Å². The molecule has 0 amide bonds. The number of aliphatic hydroxyl groups excluding tert-OH is 2. The summed E-state index contributed by atoms with van der Waals surface area (Å²) in [6.07, 6.45) is -1.27. The number of hydrogen-bond donors (Lipinski definition) is 4. The lowest BCUT2D eigenvalue weighted by Crippen LogP contribution is -2.43. The van der Waals surface area contributed by atoms with Crippen LogP contribution in [0.5, 0.6) is 0 Å². The Hall–Kier alpha value is -1.14. The van der Waals surface area contributed by atoms with Crippen molar-refractivity contribution in [2.24, 2.45) is 5.73 Å². The van der Waals surface area contributed by atoms with Crippen LogP contribution in [-0.2, 0) is 0 Å². The highest BCUT2D eigenvalue weighted by Crippen LogP contribution is 2.24. The highest BCUT2D eigenvalue weighted by molar-refractivity contribution is 5.49. The average Bonchev–Trinajstić information content (AvgIpc) is 2.48. The van der Waals surface area contributed by atoms with Gasteiger partial charge in [-0.2, -0.15) is 0 Å². The van der Waals surface area contributed by atoms with E-state index in [1.807, 2.05) is 24.3 Å². The summed E-state index contributed by atoms with van der Waals surface area (Å²) in [7, 11) is 0. The number of benzene rings is 1. The lowest BCUT2D eigenvalue weighted by molar-refractivity contribution is 0.0150. The van der Waals surface area contributed by atoms with Gasteiger partial charge in [0.2, 0.25) is 0 Å². The maximum absolute atomic E-state index is 10.1. The molecule has 5 nitrogen and oxygen atoms in total. The quantitative estimate of drug-likeness (QED) is 0.595. The Kier molecular flexibility index (Phi) is 5.15. The molecule has 0 spiro atoms. The van der Waals surface area contributed by atoms with E-state index in [1.165, 1.54) is 0 Å². The molecule has 1 aliphatic heterocycles. The molecule has 1 aliphatic rings. The Labute approximate surface area is 114 Å². The predicted molar refractivity (Wildman–Crippen MR) is 76.2 cm³/mol. The van der Waals surface area contributed by atoms with Crippen molar-refractivity contribution < 1.29 is 10.2 Å². The van der Waals surface area contributed by atoms with Crippen LogP contribution < -0.4 is 16.0 Å². The second kappa shape index (κ2) is 6.86. The van der Waals surface area contributed by atoms with Gasteiger partial charge < -0.3 is 26.2 Å². The third-order valence-corrected chi connectivity index (χ3v) is 3.52. The molecule has 1 aromatic carbocycles. The van der Waals surface area contributed by atoms with Crippen LogP contribution in [0.4, 0.5) is 5.69 Å². The van der Waals surface area contributed by atoms with Gasteiger partial charge in [-0.25, -0.2) is 0 Å². The number of hydrogen-bond acceptors (Lipinski definition) is 5. The van der Waals surface area contributed by atoms with Crippen LogP contribution >= 0.6 is 0 Å². The molecule has 0 aliphatic carbocycles. The summed E-state index contributed by atoms with van der Waals surface area (Å²) in [6, 6.07) is 7.76. The average molecular weight is 265 g/mol. The molecule has 2 rings (SSSR count). The normalized spacial score (nSPS) is 19.2. The Morgan fingerprint density at radius 1 is 1.26 bits per heavy atom. The number of anilines is 1. The van der Waals surface area contributed by atoms with E-state index in [2.05, 4.69) is 10.2 Å². The first-order valence-electron chi connectivity index (χ1n) is 6.84. The number of aliphatic hydroxyl groups is 2. The third kappa shape index (κ3) is 3.67. The van der Waals surface area contributed by atoms with E-state index in [4.69, 9.17) is 5.73 Å². The Bertz CT molecular complexity index is 394. The molecule has 0 bridgehead atoms. The molecule has 0 aromatic heterocycles. The Morgan fingerprint density at radius 3 is 2.68 bits per heavy atom. The largest absolute Gasteiger partial charge is 0.390 e. The zero-order valence-corrected chi connectivity index (χ0v) is 11.1. The van der Waals surface area contributed by atoms with Crippen LogP contribution in [0.25, 0.3) is 0 Å². The minimum Gasteiger partial charge on any atom is -0.390 e. The van der Waals surface area contributed by atoms with Crippen molar-refractivity contribution >= 4 is 5.69 Å². The maximum atomic E-state index is 10.1. The SMILES string of the molecule is NCCC(O)C(O)c1cccc(N2CCNCC2)c1. The topological polar surface area (TPSA) is 81.8 Å². The fourth-order valence-corrected chi connectivity index (χ4v) is 2.38. The second-order valence-electron chi connectivity index (χ2n) is 4.92. The summed E-state index contributed by atoms with van der Waals surface area (Å²) in [5, 5.41) is 23.2. The maximum Gasteiger partial charge on any atom is 0.105 e. The first-order valence-corrected chi connectivity index (χ1v) is 6.84. The fourth-order valence-electron chi connectivity index (χ4n) is 2.38. The van der Waals surface area contributed by atoms with Gasteiger partial charge >= 0.3 is 0 Å². The highest BCUT2D eigenvalue weighted by Gasteiger charge is 2.19. The van der Waals surface area contributed by atoms with Crippen LogP contribution in [0.15, 0.2) is 24.3 Å².